The molecule has 2 rings (SSSR count). The van der Waals surface area contributed by atoms with Crippen LogP contribution in [0.1, 0.15) is 17.5 Å². The van der Waals surface area contributed by atoms with Gasteiger partial charge in [0.2, 0.25) is 0 Å². The van der Waals surface area contributed by atoms with E-state index in [0.29, 0.717) is 13.0 Å². The number of carbonyl (C=O) groups is 1. The van der Waals surface area contributed by atoms with E-state index in [1.165, 1.54) is 6.07 Å². The first-order valence-corrected chi connectivity index (χ1v) is 8.24. The van der Waals surface area contributed by atoms with Crippen LogP contribution in [0.15, 0.2) is 42.5 Å². The molecule has 26 heavy (non-hydrogen) atoms. The van der Waals surface area contributed by atoms with Gasteiger partial charge >= 0.3 is 12.2 Å². The van der Waals surface area contributed by atoms with Crippen molar-refractivity contribution in [2.45, 2.75) is 19.5 Å². The van der Waals surface area contributed by atoms with Gasteiger partial charge in [-0.2, -0.15) is 13.2 Å². The zero-order valence-electron chi connectivity index (χ0n) is 14.0. The Morgan fingerprint density at radius 3 is 2.50 bits per heavy atom. The summed E-state index contributed by atoms with van der Waals surface area (Å²) >= 11 is 5.59. The molecule has 2 aromatic carbocycles. The molecule has 2 amide bonds. The average molecular weight is 387 g/mol. The number of urea groups is 1. The molecule has 0 aliphatic rings. The van der Waals surface area contributed by atoms with Gasteiger partial charge in [0.25, 0.3) is 0 Å². The summed E-state index contributed by atoms with van der Waals surface area (Å²) in [4.78, 5) is 11.8. The van der Waals surface area contributed by atoms with Crippen LogP contribution in [-0.4, -0.2) is 19.2 Å². The molecule has 0 aliphatic carbocycles. The minimum Gasteiger partial charge on any atom is -0.494 e. The number of nitrogens with one attached hydrogen (secondary N) is 2. The highest BCUT2D eigenvalue weighted by molar-refractivity contribution is 6.30. The first-order valence-electron chi connectivity index (χ1n) is 7.87. The van der Waals surface area contributed by atoms with Crippen molar-refractivity contribution in [3.63, 3.8) is 0 Å². The van der Waals surface area contributed by atoms with Crippen LogP contribution >= 0.6 is 11.6 Å². The molecule has 0 unspecified atom stereocenters. The Morgan fingerprint density at radius 1 is 1.15 bits per heavy atom. The Hall–Kier alpha value is -2.41. The Labute approximate surface area is 154 Å². The summed E-state index contributed by atoms with van der Waals surface area (Å²) in [6.45, 7) is 2.60. The first-order chi connectivity index (χ1) is 12.3. The predicted octanol–water partition coefficient (Wildman–Crippen LogP) is 5.26. The Bertz CT molecular complexity index is 749. The largest absolute Gasteiger partial charge is 0.494 e. The second kappa shape index (κ2) is 8.80. The van der Waals surface area contributed by atoms with Gasteiger partial charge in [0, 0.05) is 11.6 Å². The van der Waals surface area contributed by atoms with E-state index in [1.807, 2.05) is 31.2 Å². The lowest BCUT2D eigenvalue weighted by Gasteiger charge is -2.14. The number of amides is 2. The van der Waals surface area contributed by atoms with Gasteiger partial charge in [-0.15, -0.1) is 0 Å². The van der Waals surface area contributed by atoms with Crippen LogP contribution in [0.5, 0.6) is 5.75 Å². The number of alkyl halides is 3. The van der Waals surface area contributed by atoms with E-state index >= 15 is 0 Å². The maximum atomic E-state index is 13.0. The number of aryl methyl sites for hydroxylation is 1. The van der Waals surface area contributed by atoms with E-state index in [4.69, 9.17) is 16.3 Å². The fraction of sp³-hybridized carbons (Fsp3) is 0.278. The maximum Gasteiger partial charge on any atom is 0.418 e. The zero-order valence-corrected chi connectivity index (χ0v) is 14.7. The molecule has 0 atom stereocenters. The lowest BCUT2D eigenvalue weighted by molar-refractivity contribution is -0.136. The topological polar surface area (TPSA) is 50.4 Å². The molecule has 2 aromatic rings. The molecule has 140 valence electrons. The summed E-state index contributed by atoms with van der Waals surface area (Å²) in [5.41, 5.74) is -0.228. The van der Waals surface area contributed by atoms with Crippen LogP contribution in [0, 0.1) is 6.92 Å². The van der Waals surface area contributed by atoms with E-state index in [-0.39, 0.29) is 17.3 Å². The van der Waals surface area contributed by atoms with Crippen LogP contribution in [-0.2, 0) is 6.18 Å². The summed E-state index contributed by atoms with van der Waals surface area (Å²) in [5, 5.41) is 4.62. The molecular formula is C18H18ClF3N2O2. The van der Waals surface area contributed by atoms with Gasteiger partial charge in [-0.1, -0.05) is 29.3 Å². The molecule has 0 saturated heterocycles. The Morgan fingerprint density at radius 2 is 1.85 bits per heavy atom. The highest BCUT2D eigenvalue weighted by atomic mass is 35.5. The summed E-state index contributed by atoms with van der Waals surface area (Å²) in [5.74, 6) is 0.719. The van der Waals surface area contributed by atoms with Crippen LogP contribution in [0.4, 0.5) is 23.7 Å². The lowest BCUT2D eigenvalue weighted by atomic mass is 10.1. The van der Waals surface area contributed by atoms with Crippen molar-refractivity contribution in [2.24, 2.45) is 0 Å². The normalized spacial score (nSPS) is 11.1. The number of carbonyl (C=O) groups excluding carboxylic acids is 1. The van der Waals surface area contributed by atoms with E-state index < -0.39 is 17.8 Å². The number of hydrogen-bond donors (Lipinski definition) is 2. The van der Waals surface area contributed by atoms with E-state index in [1.54, 1.807) is 0 Å². The molecule has 0 spiro atoms. The average Bonchev–Trinajstić information content (AvgIpc) is 2.57. The third-order valence-corrected chi connectivity index (χ3v) is 3.67. The van der Waals surface area contributed by atoms with Crippen LogP contribution < -0.4 is 15.4 Å². The SMILES string of the molecule is Cc1ccc(OCCCNC(=O)Nc2ccc(Cl)cc2C(F)(F)F)cc1. The molecule has 2 N–H and O–H groups in total. The first kappa shape index (κ1) is 19.9. The van der Waals surface area contributed by atoms with Crippen molar-refractivity contribution < 1.29 is 22.7 Å². The van der Waals surface area contributed by atoms with Gasteiger partial charge in [-0.05, 0) is 43.7 Å². The van der Waals surface area contributed by atoms with Crippen molar-refractivity contribution in [3.8, 4) is 5.75 Å². The smallest absolute Gasteiger partial charge is 0.418 e. The minimum atomic E-state index is -4.62. The molecule has 0 aromatic heterocycles. The number of ether oxygens (including phenoxy) is 1. The summed E-state index contributed by atoms with van der Waals surface area (Å²) < 4.78 is 44.4. The third-order valence-electron chi connectivity index (χ3n) is 3.43. The minimum absolute atomic E-state index is 0.0588. The molecule has 4 nitrogen and oxygen atoms in total. The van der Waals surface area contributed by atoms with Crippen LogP contribution in [0.3, 0.4) is 0 Å². The fourth-order valence-corrected chi connectivity index (χ4v) is 2.30. The summed E-state index contributed by atoms with van der Waals surface area (Å²) in [6.07, 6.45) is -4.11. The number of benzene rings is 2. The molecule has 0 bridgehead atoms. The second-order valence-electron chi connectivity index (χ2n) is 5.58. The Balaban J connectivity index is 1.78. The summed E-state index contributed by atoms with van der Waals surface area (Å²) in [7, 11) is 0. The zero-order chi connectivity index (χ0) is 19.2. The van der Waals surface area contributed by atoms with Gasteiger partial charge in [0.05, 0.1) is 17.9 Å². The second-order valence-corrected chi connectivity index (χ2v) is 6.02. The molecule has 0 radical (unpaired) electrons. The monoisotopic (exact) mass is 386 g/mol. The molecule has 8 heteroatoms. The van der Waals surface area contributed by atoms with Crippen LogP contribution in [0.2, 0.25) is 5.02 Å². The van der Waals surface area contributed by atoms with Crippen molar-refractivity contribution in [1.82, 2.24) is 5.32 Å². The number of halogens is 4. The van der Waals surface area contributed by atoms with Gasteiger partial charge in [0.15, 0.2) is 0 Å². The van der Waals surface area contributed by atoms with Gasteiger partial charge in [0.1, 0.15) is 5.75 Å². The van der Waals surface area contributed by atoms with Crippen molar-refractivity contribution in [3.05, 3.63) is 58.6 Å². The fourth-order valence-electron chi connectivity index (χ4n) is 2.13. The number of hydrogen-bond acceptors (Lipinski definition) is 2. The maximum absolute atomic E-state index is 13.0. The Kier molecular flexibility index (Phi) is 6.74. The number of anilines is 1. The van der Waals surface area contributed by atoms with Gasteiger partial charge in [-0.25, -0.2) is 4.79 Å². The van der Waals surface area contributed by atoms with E-state index in [9.17, 15) is 18.0 Å². The molecule has 0 heterocycles. The highest BCUT2D eigenvalue weighted by Crippen LogP contribution is 2.36. The van der Waals surface area contributed by atoms with Crippen molar-refractivity contribution in [2.75, 3.05) is 18.5 Å². The highest BCUT2D eigenvalue weighted by Gasteiger charge is 2.34. The van der Waals surface area contributed by atoms with E-state index in [0.717, 1.165) is 23.4 Å². The lowest BCUT2D eigenvalue weighted by Crippen LogP contribution is -2.31. The predicted molar refractivity (Wildman–Crippen MR) is 94.8 cm³/mol. The molecule has 0 fully saturated rings. The molecule has 0 saturated carbocycles. The molecular weight excluding hydrogens is 369 g/mol. The van der Waals surface area contributed by atoms with Crippen molar-refractivity contribution >= 4 is 23.3 Å². The van der Waals surface area contributed by atoms with Crippen molar-refractivity contribution in [1.29, 1.82) is 0 Å². The molecule has 0 aliphatic heterocycles. The summed E-state index contributed by atoms with van der Waals surface area (Å²) in [6, 6.07) is 9.97. The number of rotatable bonds is 6. The quantitative estimate of drug-likeness (QED) is 0.665. The van der Waals surface area contributed by atoms with E-state index in [2.05, 4.69) is 10.6 Å². The van der Waals surface area contributed by atoms with Gasteiger partial charge < -0.3 is 15.4 Å². The third kappa shape index (κ3) is 6.15. The van der Waals surface area contributed by atoms with Crippen LogP contribution in [0.25, 0.3) is 0 Å². The standard InChI is InChI=1S/C18H18ClF3N2O2/c1-12-3-6-14(7-4-12)26-10-2-9-23-17(25)24-16-8-5-13(19)11-15(16)18(20,21)22/h3-8,11H,2,9-10H2,1H3,(H2,23,24,25). The van der Waals surface area contributed by atoms with Gasteiger partial charge in [-0.3, -0.25) is 0 Å².